The van der Waals surface area contributed by atoms with Gasteiger partial charge in [-0.2, -0.15) is 0 Å². The maximum atomic E-state index is 5.72. The Morgan fingerprint density at radius 3 is 2.56 bits per heavy atom. The maximum Gasteiger partial charge on any atom is 0.210 e. The Kier molecular flexibility index (Phi) is 7.18. The van der Waals surface area contributed by atoms with Crippen molar-refractivity contribution in [1.82, 2.24) is 10.2 Å². The van der Waals surface area contributed by atoms with Gasteiger partial charge in [0.15, 0.2) is 4.34 Å². The van der Waals surface area contributed by atoms with Crippen LogP contribution in [0.25, 0.3) is 0 Å². The van der Waals surface area contributed by atoms with Crippen molar-refractivity contribution in [1.29, 1.82) is 0 Å². The quantitative estimate of drug-likeness (QED) is 0.383. The molecule has 1 heterocycles. The summed E-state index contributed by atoms with van der Waals surface area (Å²) in [5.74, 6) is 3.23. The van der Waals surface area contributed by atoms with Crippen LogP contribution in [0.2, 0.25) is 0 Å². The van der Waals surface area contributed by atoms with E-state index in [-0.39, 0.29) is 0 Å². The monoisotopic (exact) mass is 403 g/mol. The molecule has 0 aliphatic rings. The SMILES string of the molecule is CCOc1ccccc1Nc1nnc(SCCOc2ccc(OC)cc2)s1. The normalized spacial score (nSPS) is 10.4. The van der Waals surface area contributed by atoms with Crippen LogP contribution in [0, 0.1) is 0 Å². The molecule has 0 saturated carbocycles. The number of ether oxygens (including phenoxy) is 3. The van der Waals surface area contributed by atoms with Crippen LogP contribution in [0.15, 0.2) is 52.9 Å². The molecule has 27 heavy (non-hydrogen) atoms. The van der Waals surface area contributed by atoms with Crippen LogP contribution in [-0.2, 0) is 0 Å². The molecule has 1 aromatic heterocycles. The summed E-state index contributed by atoms with van der Waals surface area (Å²) in [6.07, 6.45) is 0. The number of methoxy groups -OCH3 is 1. The highest BCUT2D eigenvalue weighted by atomic mass is 32.2. The van der Waals surface area contributed by atoms with Gasteiger partial charge in [0, 0.05) is 5.75 Å². The number of rotatable bonds is 10. The Hall–Kier alpha value is -2.45. The molecule has 0 atom stereocenters. The van der Waals surface area contributed by atoms with Gasteiger partial charge in [0.2, 0.25) is 5.13 Å². The van der Waals surface area contributed by atoms with Crippen LogP contribution >= 0.6 is 23.1 Å². The summed E-state index contributed by atoms with van der Waals surface area (Å²) in [7, 11) is 1.65. The highest BCUT2D eigenvalue weighted by Crippen LogP contribution is 2.31. The lowest BCUT2D eigenvalue weighted by molar-refractivity contribution is 0.342. The van der Waals surface area contributed by atoms with E-state index in [1.165, 1.54) is 11.3 Å². The first-order chi connectivity index (χ1) is 13.3. The van der Waals surface area contributed by atoms with E-state index >= 15 is 0 Å². The van der Waals surface area contributed by atoms with E-state index in [0.29, 0.717) is 13.2 Å². The number of hydrogen-bond acceptors (Lipinski definition) is 8. The highest BCUT2D eigenvalue weighted by Gasteiger charge is 2.08. The molecule has 8 heteroatoms. The molecule has 0 bridgehead atoms. The molecule has 3 aromatic rings. The third kappa shape index (κ3) is 5.77. The molecule has 0 aliphatic heterocycles. The number of hydrogen-bond donors (Lipinski definition) is 1. The number of aromatic nitrogens is 2. The Balaban J connectivity index is 1.46. The Labute approximate surface area is 166 Å². The van der Waals surface area contributed by atoms with Crippen LogP contribution < -0.4 is 19.5 Å². The first-order valence-corrected chi connectivity index (χ1v) is 10.3. The summed E-state index contributed by atoms with van der Waals surface area (Å²) in [6, 6.07) is 15.3. The van der Waals surface area contributed by atoms with Gasteiger partial charge in [-0.15, -0.1) is 10.2 Å². The molecule has 3 rings (SSSR count). The molecule has 0 fully saturated rings. The van der Waals surface area contributed by atoms with E-state index in [4.69, 9.17) is 14.2 Å². The van der Waals surface area contributed by atoms with Crippen LogP contribution in [-0.4, -0.2) is 36.3 Å². The minimum atomic E-state index is 0.590. The lowest BCUT2D eigenvalue weighted by Gasteiger charge is -2.09. The molecule has 0 unspecified atom stereocenters. The highest BCUT2D eigenvalue weighted by molar-refractivity contribution is 8.01. The zero-order chi connectivity index (χ0) is 18.9. The fourth-order valence-corrected chi connectivity index (χ4v) is 3.90. The van der Waals surface area contributed by atoms with E-state index in [0.717, 1.165) is 38.2 Å². The van der Waals surface area contributed by atoms with E-state index in [9.17, 15) is 0 Å². The van der Waals surface area contributed by atoms with E-state index in [2.05, 4.69) is 15.5 Å². The smallest absolute Gasteiger partial charge is 0.210 e. The fraction of sp³-hybridized carbons (Fsp3) is 0.263. The van der Waals surface area contributed by atoms with Crippen molar-refractivity contribution in [3.8, 4) is 17.2 Å². The Morgan fingerprint density at radius 2 is 1.78 bits per heavy atom. The summed E-state index contributed by atoms with van der Waals surface area (Å²) in [6.45, 7) is 3.17. The summed E-state index contributed by atoms with van der Waals surface area (Å²) in [4.78, 5) is 0. The number of para-hydroxylation sites is 2. The number of anilines is 2. The molecule has 0 aliphatic carbocycles. The second-order valence-corrected chi connectivity index (χ2v) is 7.62. The Bertz CT molecular complexity index is 840. The third-order valence-corrected chi connectivity index (χ3v) is 5.41. The molecule has 0 spiro atoms. The topological polar surface area (TPSA) is 65.5 Å². The second kappa shape index (κ2) is 10.0. The van der Waals surface area contributed by atoms with Gasteiger partial charge in [-0.25, -0.2) is 0 Å². The van der Waals surface area contributed by atoms with E-state index < -0.39 is 0 Å². The average molecular weight is 404 g/mol. The molecular weight excluding hydrogens is 382 g/mol. The average Bonchev–Trinajstić information content (AvgIpc) is 3.15. The van der Waals surface area contributed by atoms with Crippen molar-refractivity contribution in [2.75, 3.05) is 31.4 Å². The lowest BCUT2D eigenvalue weighted by Crippen LogP contribution is -1.99. The molecule has 2 aromatic carbocycles. The largest absolute Gasteiger partial charge is 0.497 e. The van der Waals surface area contributed by atoms with Crippen LogP contribution in [0.1, 0.15) is 6.92 Å². The van der Waals surface area contributed by atoms with Crippen molar-refractivity contribution >= 4 is 33.9 Å². The van der Waals surface area contributed by atoms with Gasteiger partial charge in [-0.05, 0) is 43.3 Å². The molecular formula is C19H21N3O3S2. The summed E-state index contributed by atoms with van der Waals surface area (Å²) in [5.41, 5.74) is 0.884. The number of benzene rings is 2. The van der Waals surface area contributed by atoms with Gasteiger partial charge < -0.3 is 19.5 Å². The zero-order valence-electron chi connectivity index (χ0n) is 15.2. The minimum Gasteiger partial charge on any atom is -0.497 e. The predicted octanol–water partition coefficient (Wildman–Crippen LogP) is 4.86. The van der Waals surface area contributed by atoms with Crippen molar-refractivity contribution in [3.05, 3.63) is 48.5 Å². The van der Waals surface area contributed by atoms with Gasteiger partial charge in [0.05, 0.1) is 26.0 Å². The van der Waals surface area contributed by atoms with Crippen molar-refractivity contribution in [2.45, 2.75) is 11.3 Å². The lowest BCUT2D eigenvalue weighted by atomic mass is 10.3. The van der Waals surface area contributed by atoms with Gasteiger partial charge in [-0.3, -0.25) is 0 Å². The molecule has 0 saturated heterocycles. The number of nitrogens with zero attached hydrogens (tertiary/aromatic N) is 2. The van der Waals surface area contributed by atoms with Gasteiger partial charge >= 0.3 is 0 Å². The van der Waals surface area contributed by atoms with Gasteiger partial charge in [-0.1, -0.05) is 35.2 Å². The fourth-order valence-electron chi connectivity index (χ4n) is 2.25. The number of nitrogens with one attached hydrogen (secondary N) is 1. The van der Waals surface area contributed by atoms with E-state index in [1.807, 2.05) is 55.5 Å². The zero-order valence-corrected chi connectivity index (χ0v) is 16.8. The van der Waals surface area contributed by atoms with E-state index in [1.54, 1.807) is 18.9 Å². The Morgan fingerprint density at radius 1 is 1.00 bits per heavy atom. The second-order valence-electron chi connectivity index (χ2n) is 5.30. The third-order valence-electron chi connectivity index (χ3n) is 3.47. The summed E-state index contributed by atoms with van der Waals surface area (Å²) >= 11 is 3.12. The van der Waals surface area contributed by atoms with Crippen molar-refractivity contribution < 1.29 is 14.2 Å². The predicted molar refractivity (Wildman–Crippen MR) is 110 cm³/mol. The molecule has 0 amide bonds. The molecule has 142 valence electrons. The van der Waals surface area contributed by atoms with Crippen LogP contribution in [0.4, 0.5) is 10.8 Å². The minimum absolute atomic E-state index is 0.590. The maximum absolute atomic E-state index is 5.72. The van der Waals surface area contributed by atoms with Crippen molar-refractivity contribution in [3.63, 3.8) is 0 Å². The van der Waals surface area contributed by atoms with Gasteiger partial charge in [0.1, 0.15) is 17.2 Å². The first kappa shape index (κ1) is 19.3. The van der Waals surface area contributed by atoms with Gasteiger partial charge in [0.25, 0.3) is 0 Å². The first-order valence-electron chi connectivity index (χ1n) is 8.50. The summed E-state index contributed by atoms with van der Waals surface area (Å²) in [5, 5.41) is 12.4. The molecule has 6 nitrogen and oxygen atoms in total. The van der Waals surface area contributed by atoms with Crippen LogP contribution in [0.5, 0.6) is 17.2 Å². The summed E-state index contributed by atoms with van der Waals surface area (Å²) < 4.78 is 17.4. The molecule has 1 N–H and O–H groups in total. The van der Waals surface area contributed by atoms with Crippen LogP contribution in [0.3, 0.4) is 0 Å². The van der Waals surface area contributed by atoms with Crippen molar-refractivity contribution in [2.24, 2.45) is 0 Å². The standard InChI is InChI=1S/C19H21N3O3S2/c1-3-24-17-7-5-4-6-16(17)20-18-21-22-19(27-18)26-13-12-25-15-10-8-14(23-2)9-11-15/h4-11H,3,12-13H2,1-2H3,(H,20,21). The number of thioether (sulfide) groups is 1. The molecule has 0 radical (unpaired) electrons.